The Hall–Kier alpha value is -0.670. The lowest BCUT2D eigenvalue weighted by Crippen LogP contribution is -2.01. The number of carbonyl (C=O) groups is 1. The van der Waals surface area contributed by atoms with E-state index in [9.17, 15) is 4.79 Å². The van der Waals surface area contributed by atoms with Gasteiger partial charge in [-0.15, -0.1) is 24.2 Å². The van der Waals surface area contributed by atoms with E-state index in [1.54, 1.807) is 12.1 Å². The number of hydrogen-bond donors (Lipinski definition) is 2. The smallest absolute Gasteiger partial charge is 0.305 e. The minimum atomic E-state index is -0.906. The highest BCUT2D eigenvalue weighted by Gasteiger charge is 2.13. The molecule has 1 aromatic carbocycles. The van der Waals surface area contributed by atoms with Gasteiger partial charge in [-0.3, -0.25) is 4.79 Å². The Morgan fingerprint density at radius 2 is 2.15 bits per heavy atom. The standard InChI is InChI=1S/C9H9ClO2S/c10-7(5-9(11)12)6-3-1-2-4-8(6)13/h1-4,7,13H,5H2,(H,11,12). The van der Waals surface area contributed by atoms with E-state index in [0.717, 1.165) is 10.5 Å². The van der Waals surface area contributed by atoms with Crippen molar-refractivity contribution in [2.75, 3.05) is 0 Å². The second kappa shape index (κ2) is 4.53. The van der Waals surface area contributed by atoms with Gasteiger partial charge in [-0.2, -0.15) is 0 Å². The zero-order valence-electron chi connectivity index (χ0n) is 6.77. The van der Waals surface area contributed by atoms with Crippen molar-refractivity contribution in [2.45, 2.75) is 16.7 Å². The van der Waals surface area contributed by atoms with Crippen LogP contribution in [0.15, 0.2) is 29.2 Å². The molecule has 0 heterocycles. The number of thiol groups is 1. The summed E-state index contributed by atoms with van der Waals surface area (Å²) in [4.78, 5) is 11.1. The lowest BCUT2D eigenvalue weighted by atomic mass is 10.1. The summed E-state index contributed by atoms with van der Waals surface area (Å²) in [5.41, 5.74) is 0.759. The first-order valence-corrected chi connectivity index (χ1v) is 4.63. The molecule has 0 aromatic heterocycles. The number of carboxylic acids is 1. The Labute approximate surface area is 86.9 Å². The number of alkyl halides is 1. The molecule has 4 heteroatoms. The molecule has 2 nitrogen and oxygen atoms in total. The Balaban J connectivity index is 2.82. The fourth-order valence-corrected chi connectivity index (χ4v) is 1.73. The summed E-state index contributed by atoms with van der Waals surface area (Å²) in [5.74, 6) is -0.906. The molecule has 0 saturated heterocycles. The largest absolute Gasteiger partial charge is 0.481 e. The SMILES string of the molecule is O=C(O)CC(Cl)c1ccccc1S. The van der Waals surface area contributed by atoms with Crippen LogP contribution in [0.25, 0.3) is 0 Å². The molecule has 0 spiro atoms. The third-order valence-electron chi connectivity index (χ3n) is 1.63. The molecule has 1 atom stereocenters. The van der Waals surface area contributed by atoms with Crippen LogP contribution in [-0.4, -0.2) is 11.1 Å². The van der Waals surface area contributed by atoms with Crippen LogP contribution in [0.3, 0.4) is 0 Å². The third kappa shape index (κ3) is 2.94. The van der Waals surface area contributed by atoms with Crippen LogP contribution in [0.5, 0.6) is 0 Å². The van der Waals surface area contributed by atoms with Gasteiger partial charge in [0.05, 0.1) is 11.8 Å². The van der Waals surface area contributed by atoms with E-state index in [-0.39, 0.29) is 6.42 Å². The van der Waals surface area contributed by atoms with E-state index in [2.05, 4.69) is 12.6 Å². The highest BCUT2D eigenvalue weighted by molar-refractivity contribution is 7.80. The molecule has 0 aliphatic rings. The molecule has 0 saturated carbocycles. The summed E-state index contributed by atoms with van der Waals surface area (Å²) in [6.07, 6.45) is -0.0842. The second-order valence-corrected chi connectivity index (χ2v) is 3.63. The first-order chi connectivity index (χ1) is 6.11. The van der Waals surface area contributed by atoms with Crippen LogP contribution in [0, 0.1) is 0 Å². The number of hydrogen-bond acceptors (Lipinski definition) is 2. The van der Waals surface area contributed by atoms with Crippen LogP contribution in [-0.2, 0) is 4.79 Å². The van der Waals surface area contributed by atoms with Crippen molar-refractivity contribution in [2.24, 2.45) is 0 Å². The minimum absolute atomic E-state index is 0.0842. The molecular formula is C9H9ClO2S. The molecule has 0 amide bonds. The van der Waals surface area contributed by atoms with Crippen molar-refractivity contribution >= 4 is 30.2 Å². The maximum absolute atomic E-state index is 10.4. The van der Waals surface area contributed by atoms with E-state index >= 15 is 0 Å². The molecule has 0 aliphatic heterocycles. The monoisotopic (exact) mass is 216 g/mol. The molecular weight excluding hydrogens is 208 g/mol. The quantitative estimate of drug-likeness (QED) is 0.602. The van der Waals surface area contributed by atoms with Crippen molar-refractivity contribution in [3.63, 3.8) is 0 Å². The highest BCUT2D eigenvalue weighted by atomic mass is 35.5. The summed E-state index contributed by atoms with van der Waals surface area (Å²) >= 11 is 10.1. The van der Waals surface area contributed by atoms with Gasteiger partial charge < -0.3 is 5.11 Å². The number of aliphatic carboxylic acids is 1. The highest BCUT2D eigenvalue weighted by Crippen LogP contribution is 2.28. The average molecular weight is 217 g/mol. The summed E-state index contributed by atoms with van der Waals surface area (Å²) < 4.78 is 0. The minimum Gasteiger partial charge on any atom is -0.481 e. The average Bonchev–Trinajstić information content (AvgIpc) is 2.03. The topological polar surface area (TPSA) is 37.3 Å². The molecule has 1 rings (SSSR count). The number of benzene rings is 1. The predicted molar refractivity (Wildman–Crippen MR) is 54.5 cm³/mol. The van der Waals surface area contributed by atoms with Gasteiger partial charge in [-0.1, -0.05) is 18.2 Å². The molecule has 0 aliphatic carbocycles. The van der Waals surface area contributed by atoms with Crippen molar-refractivity contribution in [3.05, 3.63) is 29.8 Å². The van der Waals surface area contributed by atoms with E-state index in [4.69, 9.17) is 16.7 Å². The number of rotatable bonds is 3. The molecule has 1 aromatic rings. The van der Waals surface area contributed by atoms with Gasteiger partial charge in [0.2, 0.25) is 0 Å². The lowest BCUT2D eigenvalue weighted by Gasteiger charge is -2.08. The Bertz CT molecular complexity index is 314. The lowest BCUT2D eigenvalue weighted by molar-refractivity contribution is -0.137. The Kier molecular flexibility index (Phi) is 3.63. The van der Waals surface area contributed by atoms with Gasteiger partial charge in [0.25, 0.3) is 0 Å². The van der Waals surface area contributed by atoms with Crippen LogP contribution < -0.4 is 0 Å². The maximum Gasteiger partial charge on any atom is 0.305 e. The molecule has 0 fully saturated rings. The Morgan fingerprint density at radius 1 is 1.54 bits per heavy atom. The van der Waals surface area contributed by atoms with E-state index in [1.807, 2.05) is 12.1 Å². The summed E-state index contributed by atoms with van der Waals surface area (Å²) in [6, 6.07) is 7.21. The zero-order chi connectivity index (χ0) is 9.84. The fraction of sp³-hybridized carbons (Fsp3) is 0.222. The van der Waals surface area contributed by atoms with Gasteiger partial charge in [0, 0.05) is 4.90 Å². The molecule has 0 radical (unpaired) electrons. The number of halogens is 1. The first kappa shape index (κ1) is 10.4. The van der Waals surface area contributed by atoms with Gasteiger partial charge >= 0.3 is 5.97 Å². The van der Waals surface area contributed by atoms with Crippen LogP contribution in [0.1, 0.15) is 17.4 Å². The third-order valence-corrected chi connectivity index (χ3v) is 2.42. The van der Waals surface area contributed by atoms with Crippen LogP contribution >= 0.6 is 24.2 Å². The molecule has 13 heavy (non-hydrogen) atoms. The predicted octanol–water partition coefficient (Wildman–Crippen LogP) is 2.73. The van der Waals surface area contributed by atoms with Crippen LogP contribution in [0.4, 0.5) is 0 Å². The fourth-order valence-electron chi connectivity index (χ4n) is 1.02. The van der Waals surface area contributed by atoms with E-state index in [1.165, 1.54) is 0 Å². The van der Waals surface area contributed by atoms with Gasteiger partial charge in [-0.05, 0) is 11.6 Å². The zero-order valence-corrected chi connectivity index (χ0v) is 8.42. The second-order valence-electron chi connectivity index (χ2n) is 2.62. The van der Waals surface area contributed by atoms with Crippen molar-refractivity contribution < 1.29 is 9.90 Å². The van der Waals surface area contributed by atoms with Crippen molar-refractivity contribution in [3.8, 4) is 0 Å². The molecule has 70 valence electrons. The normalized spacial score (nSPS) is 12.5. The van der Waals surface area contributed by atoms with Gasteiger partial charge in [0.15, 0.2) is 0 Å². The number of carboxylic acid groups (broad SMARTS) is 1. The van der Waals surface area contributed by atoms with E-state index < -0.39 is 11.3 Å². The molecule has 1 unspecified atom stereocenters. The van der Waals surface area contributed by atoms with Gasteiger partial charge in [0.1, 0.15) is 0 Å². The van der Waals surface area contributed by atoms with Gasteiger partial charge in [-0.25, -0.2) is 0 Å². The first-order valence-electron chi connectivity index (χ1n) is 3.75. The molecule has 0 bridgehead atoms. The van der Waals surface area contributed by atoms with Crippen LogP contribution in [0.2, 0.25) is 0 Å². The van der Waals surface area contributed by atoms with Crippen molar-refractivity contribution in [1.29, 1.82) is 0 Å². The van der Waals surface area contributed by atoms with E-state index in [0.29, 0.717) is 0 Å². The summed E-state index contributed by atoms with van der Waals surface area (Å²) in [7, 11) is 0. The maximum atomic E-state index is 10.4. The summed E-state index contributed by atoms with van der Waals surface area (Å²) in [6.45, 7) is 0. The summed E-state index contributed by atoms with van der Waals surface area (Å²) in [5, 5.41) is 8.02. The molecule has 1 N–H and O–H groups in total. The van der Waals surface area contributed by atoms with Crippen molar-refractivity contribution in [1.82, 2.24) is 0 Å². The Morgan fingerprint density at radius 3 is 2.69 bits per heavy atom.